The SMILES string of the molecule is Cc1cc(C)n(CCN(C(=O)C2CCCN2S(=O)(=O)c2cccs2)c2nc3c(F)cc(F)cc3s2)n1. The molecule has 0 bridgehead atoms. The van der Waals surface area contributed by atoms with Crippen LogP contribution in [-0.4, -0.2) is 52.5 Å². The lowest BCUT2D eigenvalue weighted by atomic mass is 10.2. The monoisotopic (exact) mass is 551 g/mol. The minimum absolute atomic E-state index is 0.0326. The van der Waals surface area contributed by atoms with Crippen LogP contribution < -0.4 is 4.90 Å². The fourth-order valence-electron chi connectivity index (χ4n) is 4.44. The summed E-state index contributed by atoms with van der Waals surface area (Å²) in [7, 11) is -3.85. The van der Waals surface area contributed by atoms with Crippen LogP contribution in [0.5, 0.6) is 0 Å². The molecule has 3 aromatic heterocycles. The number of thiazole rings is 1. The van der Waals surface area contributed by atoms with Crippen LogP contribution in [0.2, 0.25) is 0 Å². The maximum absolute atomic E-state index is 14.4. The lowest BCUT2D eigenvalue weighted by Gasteiger charge is -2.28. The second-order valence-electron chi connectivity index (χ2n) is 8.58. The molecular formula is C23H23F2N5O3S3. The summed E-state index contributed by atoms with van der Waals surface area (Å²) >= 11 is 2.09. The molecule has 0 aliphatic carbocycles. The number of hydrogen-bond acceptors (Lipinski definition) is 7. The van der Waals surface area contributed by atoms with Gasteiger partial charge in [-0.2, -0.15) is 9.40 Å². The van der Waals surface area contributed by atoms with Gasteiger partial charge in [0, 0.05) is 24.8 Å². The maximum Gasteiger partial charge on any atom is 0.253 e. The molecule has 1 aromatic carbocycles. The van der Waals surface area contributed by atoms with Gasteiger partial charge in [-0.05, 0) is 50.3 Å². The van der Waals surface area contributed by atoms with E-state index in [1.165, 1.54) is 21.3 Å². The highest BCUT2D eigenvalue weighted by atomic mass is 32.2. The molecule has 1 saturated heterocycles. The van der Waals surface area contributed by atoms with Crippen LogP contribution >= 0.6 is 22.7 Å². The summed E-state index contributed by atoms with van der Waals surface area (Å²) in [6.07, 6.45) is 0.889. The Balaban J connectivity index is 1.51. The standard InChI is InChI=1S/C23H23F2N5O3S3/c1-14-11-15(2)29(27-14)9-8-28(23-26-21-17(25)12-16(24)13-19(21)35-23)22(31)18-5-3-7-30(18)36(32,33)20-6-4-10-34-20/h4,6,10-13,18H,3,5,7-9H2,1-2H3. The van der Waals surface area contributed by atoms with Gasteiger partial charge in [-0.3, -0.25) is 14.4 Å². The van der Waals surface area contributed by atoms with Crippen LogP contribution in [0.4, 0.5) is 13.9 Å². The zero-order valence-corrected chi connectivity index (χ0v) is 22.0. The Kier molecular flexibility index (Phi) is 6.66. The van der Waals surface area contributed by atoms with Crippen LogP contribution in [0.15, 0.2) is 39.9 Å². The van der Waals surface area contributed by atoms with E-state index >= 15 is 0 Å². The van der Waals surface area contributed by atoms with Gasteiger partial charge in [0.25, 0.3) is 10.0 Å². The van der Waals surface area contributed by atoms with Crippen LogP contribution in [0.1, 0.15) is 24.2 Å². The molecule has 1 aliphatic rings. The van der Waals surface area contributed by atoms with Crippen LogP contribution in [-0.2, 0) is 21.4 Å². The Morgan fingerprint density at radius 3 is 2.75 bits per heavy atom. The van der Waals surface area contributed by atoms with Crippen molar-refractivity contribution in [3.63, 3.8) is 0 Å². The van der Waals surface area contributed by atoms with E-state index in [-0.39, 0.29) is 32.6 Å². The van der Waals surface area contributed by atoms with E-state index in [9.17, 15) is 22.0 Å². The number of fused-ring (bicyclic) bond motifs is 1. The summed E-state index contributed by atoms with van der Waals surface area (Å²) in [5, 5.41) is 6.29. The molecule has 0 spiro atoms. The molecule has 1 unspecified atom stereocenters. The van der Waals surface area contributed by atoms with E-state index in [1.54, 1.807) is 16.1 Å². The van der Waals surface area contributed by atoms with Gasteiger partial charge in [-0.15, -0.1) is 11.3 Å². The molecule has 8 nitrogen and oxygen atoms in total. The van der Waals surface area contributed by atoms with Crippen molar-refractivity contribution in [1.82, 2.24) is 19.1 Å². The Morgan fingerprint density at radius 2 is 2.06 bits per heavy atom. The molecule has 0 radical (unpaired) electrons. The quantitative estimate of drug-likeness (QED) is 0.341. The highest BCUT2D eigenvalue weighted by molar-refractivity contribution is 7.91. The molecule has 13 heteroatoms. The molecule has 4 heterocycles. The van der Waals surface area contributed by atoms with Crippen molar-refractivity contribution in [2.45, 2.75) is 43.5 Å². The summed E-state index contributed by atoms with van der Waals surface area (Å²) in [4.78, 5) is 19.6. The molecule has 1 aliphatic heterocycles. The number of aryl methyl sites for hydroxylation is 2. The number of carbonyl (C=O) groups excluding carboxylic acids is 1. The van der Waals surface area contributed by atoms with Gasteiger partial charge in [0.2, 0.25) is 5.91 Å². The van der Waals surface area contributed by atoms with Crippen LogP contribution in [0, 0.1) is 25.5 Å². The number of hydrogen-bond donors (Lipinski definition) is 0. The third-order valence-corrected chi connectivity index (χ3v) is 10.4. The maximum atomic E-state index is 14.4. The van der Waals surface area contributed by atoms with Gasteiger partial charge in [-0.1, -0.05) is 17.4 Å². The van der Waals surface area contributed by atoms with Gasteiger partial charge in [-0.25, -0.2) is 22.2 Å². The first-order valence-electron chi connectivity index (χ1n) is 11.3. The molecule has 190 valence electrons. The summed E-state index contributed by atoms with van der Waals surface area (Å²) < 4.78 is 58.2. The number of carbonyl (C=O) groups is 1. The summed E-state index contributed by atoms with van der Waals surface area (Å²) in [6.45, 7) is 4.44. The van der Waals surface area contributed by atoms with Gasteiger partial charge in [0.1, 0.15) is 21.6 Å². The summed E-state index contributed by atoms with van der Waals surface area (Å²) in [5.41, 5.74) is 1.70. The van der Waals surface area contributed by atoms with Crippen LogP contribution in [0.3, 0.4) is 0 Å². The highest BCUT2D eigenvalue weighted by Gasteiger charge is 2.42. The lowest BCUT2D eigenvalue weighted by Crippen LogP contribution is -2.48. The first kappa shape index (κ1) is 24.9. The predicted octanol–water partition coefficient (Wildman–Crippen LogP) is 4.34. The van der Waals surface area contributed by atoms with Crippen LogP contribution in [0.25, 0.3) is 10.2 Å². The minimum Gasteiger partial charge on any atom is -0.285 e. The van der Waals surface area contributed by atoms with Crippen molar-refractivity contribution < 1.29 is 22.0 Å². The van der Waals surface area contributed by atoms with Crippen molar-refractivity contribution >= 4 is 54.0 Å². The zero-order chi connectivity index (χ0) is 25.6. The van der Waals surface area contributed by atoms with Crippen molar-refractivity contribution in [3.8, 4) is 0 Å². The molecule has 36 heavy (non-hydrogen) atoms. The van der Waals surface area contributed by atoms with Crippen molar-refractivity contribution in [1.29, 1.82) is 0 Å². The molecular weight excluding hydrogens is 528 g/mol. The van der Waals surface area contributed by atoms with Gasteiger partial charge in [0.05, 0.1) is 16.9 Å². The fourth-order valence-corrected chi connectivity index (χ4v) is 8.24. The third kappa shape index (κ3) is 4.56. The number of anilines is 1. The number of amides is 1. The van der Waals surface area contributed by atoms with E-state index in [0.29, 0.717) is 19.4 Å². The largest absolute Gasteiger partial charge is 0.285 e. The molecule has 5 rings (SSSR count). The Morgan fingerprint density at radius 1 is 1.25 bits per heavy atom. The average Bonchev–Trinajstić information content (AvgIpc) is 3.61. The van der Waals surface area contributed by atoms with Gasteiger partial charge >= 0.3 is 0 Å². The second kappa shape index (κ2) is 9.61. The molecule has 4 aromatic rings. The van der Waals surface area contributed by atoms with Crippen molar-refractivity contribution in [3.05, 3.63) is 58.7 Å². The Labute approximate surface area is 214 Å². The van der Waals surface area contributed by atoms with E-state index in [4.69, 9.17) is 0 Å². The minimum atomic E-state index is -3.85. The number of benzene rings is 1. The molecule has 1 atom stereocenters. The van der Waals surface area contributed by atoms with E-state index in [0.717, 1.165) is 40.1 Å². The number of aromatic nitrogens is 3. The Bertz CT molecular complexity index is 1530. The number of halogens is 2. The first-order chi connectivity index (χ1) is 17.1. The van der Waals surface area contributed by atoms with Crippen molar-refractivity contribution in [2.75, 3.05) is 18.0 Å². The third-order valence-electron chi connectivity index (χ3n) is 6.08. The normalized spacial score (nSPS) is 16.7. The molecule has 0 N–H and O–H groups in total. The first-order valence-corrected chi connectivity index (χ1v) is 14.4. The molecule has 0 saturated carbocycles. The van der Waals surface area contributed by atoms with E-state index in [2.05, 4.69) is 10.1 Å². The summed E-state index contributed by atoms with van der Waals surface area (Å²) in [6, 6.07) is 6.08. The number of sulfonamides is 1. The van der Waals surface area contributed by atoms with Gasteiger partial charge in [0.15, 0.2) is 10.9 Å². The summed E-state index contributed by atoms with van der Waals surface area (Å²) in [5.74, 6) is -2.00. The van der Waals surface area contributed by atoms with Crippen molar-refractivity contribution in [2.24, 2.45) is 0 Å². The smallest absolute Gasteiger partial charge is 0.253 e. The van der Waals surface area contributed by atoms with E-state index < -0.39 is 33.6 Å². The molecule has 1 fully saturated rings. The average molecular weight is 552 g/mol. The number of nitrogens with zero attached hydrogens (tertiary/aromatic N) is 5. The fraction of sp³-hybridized carbons (Fsp3) is 0.348. The Hall–Kier alpha value is -2.74. The highest BCUT2D eigenvalue weighted by Crippen LogP contribution is 2.34. The predicted molar refractivity (Wildman–Crippen MR) is 135 cm³/mol. The number of rotatable bonds is 7. The van der Waals surface area contributed by atoms with Gasteiger partial charge < -0.3 is 0 Å². The lowest BCUT2D eigenvalue weighted by molar-refractivity contribution is -0.121. The zero-order valence-electron chi connectivity index (χ0n) is 19.5. The molecule has 1 amide bonds. The second-order valence-corrected chi connectivity index (χ2v) is 12.7. The van der Waals surface area contributed by atoms with E-state index in [1.807, 2.05) is 19.9 Å². The number of thiophene rings is 1. The topological polar surface area (TPSA) is 88.4 Å².